The fourth-order valence-corrected chi connectivity index (χ4v) is 5.38. The highest BCUT2D eigenvalue weighted by Crippen LogP contribution is 2.47. The molecule has 182 valence electrons. The molecule has 0 aliphatic heterocycles. The monoisotopic (exact) mass is 497 g/mol. The molecule has 0 saturated heterocycles. The van der Waals surface area contributed by atoms with E-state index in [1.807, 2.05) is 55.5 Å². The van der Waals surface area contributed by atoms with Crippen molar-refractivity contribution >= 4 is 40.4 Å². The number of fused-ring (bicyclic) bond motifs is 1. The summed E-state index contributed by atoms with van der Waals surface area (Å²) in [4.78, 5) is 30.3. The quantitative estimate of drug-likeness (QED) is 0.395. The van der Waals surface area contributed by atoms with Gasteiger partial charge in [0.15, 0.2) is 6.61 Å². The molecular weight excluding hydrogens is 470 g/mol. The molecule has 0 atom stereocenters. The number of nitrogens with zero attached hydrogens (tertiary/aromatic N) is 2. The second kappa shape index (κ2) is 10.7. The van der Waals surface area contributed by atoms with Gasteiger partial charge in [-0.1, -0.05) is 45.0 Å². The van der Waals surface area contributed by atoms with Gasteiger partial charge in [0.05, 0.1) is 16.8 Å². The number of aryl methyl sites for hydroxylation is 1. The zero-order valence-electron chi connectivity index (χ0n) is 20.5. The molecule has 6 nitrogen and oxygen atoms in total. The van der Waals surface area contributed by atoms with Crippen molar-refractivity contribution in [2.24, 2.45) is 0 Å². The third-order valence-corrected chi connectivity index (χ3v) is 7.48. The highest BCUT2D eigenvalue weighted by atomic mass is 32.1. The third-order valence-electron chi connectivity index (χ3n) is 5.99. The van der Waals surface area contributed by atoms with E-state index in [2.05, 4.69) is 30.2 Å². The first-order chi connectivity index (χ1) is 17.3. The van der Waals surface area contributed by atoms with Crippen molar-refractivity contribution in [1.29, 1.82) is 5.26 Å². The zero-order chi connectivity index (χ0) is 25.7. The van der Waals surface area contributed by atoms with E-state index < -0.39 is 18.5 Å². The van der Waals surface area contributed by atoms with E-state index in [1.165, 1.54) is 11.3 Å². The van der Waals surface area contributed by atoms with Gasteiger partial charge in [0, 0.05) is 22.1 Å². The third kappa shape index (κ3) is 5.61. The fourth-order valence-electron chi connectivity index (χ4n) is 4.14. The number of pyridine rings is 1. The molecule has 0 fully saturated rings. The number of hydrogen-bond acceptors (Lipinski definition) is 6. The Morgan fingerprint density at radius 2 is 1.97 bits per heavy atom. The van der Waals surface area contributed by atoms with Crippen molar-refractivity contribution in [1.82, 2.24) is 4.98 Å². The second-order valence-corrected chi connectivity index (χ2v) is 10.2. The number of nitriles is 1. The molecule has 0 unspecified atom stereocenters. The van der Waals surface area contributed by atoms with Crippen LogP contribution in [0.1, 0.15) is 64.8 Å². The molecule has 1 aromatic carbocycles. The van der Waals surface area contributed by atoms with Gasteiger partial charge in [0.25, 0.3) is 5.91 Å². The lowest BCUT2D eigenvalue weighted by Crippen LogP contribution is -2.20. The van der Waals surface area contributed by atoms with Crippen molar-refractivity contribution in [3.63, 3.8) is 0 Å². The summed E-state index contributed by atoms with van der Waals surface area (Å²) in [7, 11) is 0. The number of carbonyl (C=O) groups excluding carboxylic acids is 2. The number of hydrogen-bond donors (Lipinski definition) is 1. The van der Waals surface area contributed by atoms with E-state index in [1.54, 1.807) is 18.3 Å². The number of allylic oxidation sites excluding steroid dienone is 2. The number of rotatable bonds is 7. The molecule has 3 aromatic rings. The lowest BCUT2D eigenvalue weighted by Gasteiger charge is -2.29. The summed E-state index contributed by atoms with van der Waals surface area (Å²) in [6.07, 6.45) is 9.39. The van der Waals surface area contributed by atoms with Crippen LogP contribution in [0.3, 0.4) is 0 Å². The first-order valence-electron chi connectivity index (χ1n) is 11.7. The number of aromatic nitrogens is 1. The van der Waals surface area contributed by atoms with Crippen LogP contribution in [0.25, 0.3) is 12.2 Å². The minimum atomic E-state index is -0.563. The van der Waals surface area contributed by atoms with Crippen LogP contribution in [-0.4, -0.2) is 23.5 Å². The molecule has 36 heavy (non-hydrogen) atoms. The lowest BCUT2D eigenvalue weighted by atomic mass is 9.77. The van der Waals surface area contributed by atoms with Gasteiger partial charge in [-0.25, -0.2) is 4.79 Å². The molecule has 0 saturated carbocycles. The summed E-state index contributed by atoms with van der Waals surface area (Å²) in [5, 5.41) is 13.2. The molecule has 1 N–H and O–H groups in total. The summed E-state index contributed by atoms with van der Waals surface area (Å²) in [5.41, 5.74) is 4.46. The van der Waals surface area contributed by atoms with Gasteiger partial charge in [-0.3, -0.25) is 9.78 Å². The van der Waals surface area contributed by atoms with Gasteiger partial charge in [0.2, 0.25) is 0 Å². The minimum absolute atomic E-state index is 0.218. The summed E-state index contributed by atoms with van der Waals surface area (Å²) in [6.45, 7) is 5.86. The number of benzene rings is 1. The Labute approximate surface area is 215 Å². The van der Waals surface area contributed by atoms with Crippen molar-refractivity contribution in [2.45, 2.75) is 39.0 Å². The predicted octanol–water partition coefficient (Wildman–Crippen LogP) is 6.15. The van der Waals surface area contributed by atoms with Crippen molar-refractivity contribution in [2.75, 3.05) is 11.9 Å². The topological polar surface area (TPSA) is 92.1 Å². The zero-order valence-corrected chi connectivity index (χ0v) is 21.3. The molecule has 0 radical (unpaired) electrons. The van der Waals surface area contributed by atoms with E-state index in [-0.39, 0.29) is 5.41 Å². The highest BCUT2D eigenvalue weighted by Gasteiger charge is 2.33. The summed E-state index contributed by atoms with van der Waals surface area (Å²) >= 11 is 1.40. The molecule has 0 bridgehead atoms. The van der Waals surface area contributed by atoms with Gasteiger partial charge >= 0.3 is 5.97 Å². The molecule has 1 aliphatic rings. The van der Waals surface area contributed by atoms with E-state index in [4.69, 9.17) is 4.74 Å². The van der Waals surface area contributed by atoms with E-state index in [0.29, 0.717) is 16.1 Å². The lowest BCUT2D eigenvalue weighted by molar-refractivity contribution is -0.119. The largest absolute Gasteiger partial charge is 0.452 e. The molecule has 1 aliphatic carbocycles. The maximum absolute atomic E-state index is 12.6. The fraction of sp³-hybridized carbons (Fsp3) is 0.241. The van der Waals surface area contributed by atoms with E-state index >= 15 is 0 Å². The Balaban J connectivity index is 1.49. The Hall–Kier alpha value is -4.02. The molecule has 4 rings (SSSR count). The molecule has 2 aromatic heterocycles. The van der Waals surface area contributed by atoms with Crippen LogP contribution in [0.2, 0.25) is 0 Å². The van der Waals surface area contributed by atoms with Crippen molar-refractivity contribution in [3.05, 3.63) is 93.1 Å². The average Bonchev–Trinajstić information content (AvgIpc) is 3.24. The second-order valence-electron chi connectivity index (χ2n) is 9.20. The van der Waals surface area contributed by atoms with Crippen LogP contribution in [0, 0.1) is 11.3 Å². The van der Waals surface area contributed by atoms with Gasteiger partial charge in [-0.05, 0) is 60.4 Å². The molecule has 2 heterocycles. The van der Waals surface area contributed by atoms with Gasteiger partial charge in [-0.2, -0.15) is 5.26 Å². The molecule has 7 heteroatoms. The number of anilines is 1. The maximum Gasteiger partial charge on any atom is 0.338 e. The van der Waals surface area contributed by atoms with E-state index in [0.717, 1.165) is 40.1 Å². The SMILES string of the molecule is CCc1ccc(C(=O)OCC(=O)Nc2sc3c(c2C#N)C=C(/C=C/c2ccccn2)CC3(C)C)cc1. The number of esters is 1. The van der Waals surface area contributed by atoms with Gasteiger partial charge < -0.3 is 10.1 Å². The van der Waals surface area contributed by atoms with E-state index in [9.17, 15) is 14.9 Å². The molecular formula is C29H27N3O3S. The highest BCUT2D eigenvalue weighted by molar-refractivity contribution is 7.17. The first kappa shape index (κ1) is 25.1. The van der Waals surface area contributed by atoms with Gasteiger partial charge in [-0.15, -0.1) is 11.3 Å². The molecule has 1 amide bonds. The van der Waals surface area contributed by atoms with Crippen LogP contribution < -0.4 is 5.32 Å². The Morgan fingerprint density at radius 1 is 1.19 bits per heavy atom. The van der Waals surface area contributed by atoms with Crippen LogP contribution in [0.5, 0.6) is 0 Å². The van der Waals surface area contributed by atoms with Crippen LogP contribution in [0.4, 0.5) is 5.00 Å². The van der Waals surface area contributed by atoms with Crippen LogP contribution >= 0.6 is 11.3 Å². The number of ether oxygens (including phenoxy) is 1. The predicted molar refractivity (Wildman–Crippen MR) is 143 cm³/mol. The van der Waals surface area contributed by atoms with Crippen molar-refractivity contribution in [3.8, 4) is 6.07 Å². The summed E-state index contributed by atoms with van der Waals surface area (Å²) in [5.74, 6) is -1.05. The number of nitrogens with one attached hydrogen (secondary N) is 1. The number of thiophene rings is 1. The van der Waals surface area contributed by atoms with Gasteiger partial charge in [0.1, 0.15) is 11.1 Å². The Bertz CT molecular complexity index is 1380. The summed E-state index contributed by atoms with van der Waals surface area (Å²) in [6, 6.07) is 15.1. The normalized spacial score (nSPS) is 14.0. The van der Waals surface area contributed by atoms with Crippen LogP contribution in [0.15, 0.2) is 60.3 Å². The minimum Gasteiger partial charge on any atom is -0.452 e. The van der Waals surface area contributed by atoms with Crippen LogP contribution in [-0.2, 0) is 21.4 Å². The number of carbonyl (C=O) groups is 2. The van der Waals surface area contributed by atoms with Crippen molar-refractivity contribution < 1.29 is 14.3 Å². The first-order valence-corrected chi connectivity index (χ1v) is 12.6. The maximum atomic E-state index is 12.6. The summed E-state index contributed by atoms with van der Waals surface area (Å²) < 4.78 is 5.19. The smallest absolute Gasteiger partial charge is 0.338 e. The standard InChI is InChI=1S/C29H27N3O3S/c1-4-19-8-11-21(12-9-19)28(34)35-18-25(33)32-27-24(17-30)23-15-20(16-29(2,3)26(23)36-27)10-13-22-7-5-6-14-31-22/h5-15H,4,16,18H2,1-3H3,(H,32,33)/b13-10+. The Morgan fingerprint density at radius 3 is 2.64 bits per heavy atom. The molecule has 0 spiro atoms. The Kier molecular flexibility index (Phi) is 7.47. The number of amides is 1. The average molecular weight is 498 g/mol.